The van der Waals surface area contributed by atoms with Crippen molar-refractivity contribution in [3.8, 4) is 0 Å². The maximum atomic E-state index is 12.2. The monoisotopic (exact) mass is 361 g/mol. The Morgan fingerprint density at radius 3 is 2.52 bits per heavy atom. The molecule has 0 radical (unpaired) electrons. The molecule has 25 heavy (non-hydrogen) atoms. The van der Waals surface area contributed by atoms with Crippen LogP contribution in [0.1, 0.15) is 23.7 Å². The van der Waals surface area contributed by atoms with Gasteiger partial charge in [0.2, 0.25) is 5.91 Å². The molecule has 0 aliphatic rings. The molecule has 0 saturated carbocycles. The Kier molecular flexibility index (Phi) is 5.97. The van der Waals surface area contributed by atoms with E-state index in [-0.39, 0.29) is 23.7 Å². The van der Waals surface area contributed by atoms with Gasteiger partial charge in [0.15, 0.2) is 0 Å². The molecule has 2 aromatic rings. The Morgan fingerprint density at radius 2 is 1.96 bits per heavy atom. The molecule has 0 aliphatic heterocycles. The maximum Gasteiger partial charge on any atom is 0.269 e. The van der Waals surface area contributed by atoms with Gasteiger partial charge in [0, 0.05) is 34.8 Å². The van der Waals surface area contributed by atoms with E-state index in [1.165, 1.54) is 23.9 Å². The second-order valence-corrected chi connectivity index (χ2v) is 7.09. The number of nitrogens with one attached hydrogen (secondary N) is 2. The molecule has 132 valence electrons. The van der Waals surface area contributed by atoms with Crippen LogP contribution in [0.3, 0.4) is 0 Å². The molecule has 2 rings (SSSR count). The molecule has 0 saturated heterocycles. The number of non-ortho nitro benzene ring substituents is 1. The minimum atomic E-state index is -0.466. The summed E-state index contributed by atoms with van der Waals surface area (Å²) in [6, 6.07) is 7.89. The van der Waals surface area contributed by atoms with Gasteiger partial charge >= 0.3 is 0 Å². The fraction of sp³-hybridized carbons (Fsp3) is 0.294. The number of rotatable bonds is 6. The molecular formula is C17H19N3O4S. The van der Waals surface area contributed by atoms with Gasteiger partial charge in [-0.1, -0.05) is 0 Å². The van der Waals surface area contributed by atoms with Gasteiger partial charge in [-0.3, -0.25) is 19.7 Å². The third-order valence-electron chi connectivity index (χ3n) is 3.66. The van der Waals surface area contributed by atoms with Gasteiger partial charge in [-0.05, 0) is 44.5 Å². The van der Waals surface area contributed by atoms with Crippen molar-refractivity contribution in [1.29, 1.82) is 0 Å². The highest BCUT2D eigenvalue weighted by atomic mass is 32.2. The zero-order valence-corrected chi connectivity index (χ0v) is 15.0. The number of nitrogens with zero attached hydrogens (tertiary/aromatic N) is 1. The summed E-state index contributed by atoms with van der Waals surface area (Å²) in [6.07, 6.45) is 0. The molecule has 0 bridgehead atoms. The Morgan fingerprint density at radius 1 is 1.32 bits per heavy atom. The predicted molar refractivity (Wildman–Crippen MR) is 96.8 cm³/mol. The van der Waals surface area contributed by atoms with Gasteiger partial charge in [0.25, 0.3) is 11.2 Å². The number of carbonyl (C=O) groups is 1. The number of carbonyl (C=O) groups excluding carboxylic acids is 1. The molecule has 8 heteroatoms. The number of aryl methyl sites for hydroxylation is 2. The molecule has 0 fully saturated rings. The number of amides is 1. The SMILES string of the molecule is Cc1cc(C)c(CNC(=O)[C@@H](C)Sc2ccc([N+](=O)[O-])cc2)c(=O)[nH]1. The molecule has 1 aromatic heterocycles. The highest BCUT2D eigenvalue weighted by Crippen LogP contribution is 2.25. The first-order chi connectivity index (χ1) is 11.8. The number of aromatic amines is 1. The van der Waals surface area contributed by atoms with Gasteiger partial charge in [-0.25, -0.2) is 0 Å². The largest absolute Gasteiger partial charge is 0.351 e. The third kappa shape index (κ3) is 4.93. The topological polar surface area (TPSA) is 105 Å². The lowest BCUT2D eigenvalue weighted by Crippen LogP contribution is -2.33. The maximum absolute atomic E-state index is 12.2. The quantitative estimate of drug-likeness (QED) is 0.467. The number of nitro benzene ring substituents is 1. The van der Waals surface area contributed by atoms with E-state index in [4.69, 9.17) is 0 Å². The minimum absolute atomic E-state index is 0.00975. The third-order valence-corrected chi connectivity index (χ3v) is 4.77. The van der Waals surface area contributed by atoms with Crippen molar-refractivity contribution >= 4 is 23.4 Å². The fourth-order valence-corrected chi connectivity index (χ4v) is 3.22. The first-order valence-corrected chi connectivity index (χ1v) is 8.54. The second-order valence-electron chi connectivity index (χ2n) is 5.67. The molecule has 1 atom stereocenters. The average Bonchev–Trinajstić information content (AvgIpc) is 2.54. The summed E-state index contributed by atoms with van der Waals surface area (Å²) in [6.45, 7) is 5.54. The standard InChI is InChI=1S/C17H19N3O4S/c1-10-8-11(2)19-17(22)15(10)9-18-16(21)12(3)25-14-6-4-13(5-7-14)20(23)24/h4-8,12H,9H2,1-3H3,(H,18,21)(H,19,22)/t12-/m1/s1. The van der Waals surface area contributed by atoms with Gasteiger partial charge < -0.3 is 10.3 Å². The molecule has 0 spiro atoms. The average molecular weight is 361 g/mol. The van der Waals surface area contributed by atoms with Gasteiger partial charge in [-0.2, -0.15) is 0 Å². The van der Waals surface area contributed by atoms with Crippen molar-refractivity contribution in [3.63, 3.8) is 0 Å². The van der Waals surface area contributed by atoms with Crippen molar-refractivity contribution in [2.75, 3.05) is 0 Å². The Labute approximate surface area is 149 Å². The lowest BCUT2D eigenvalue weighted by molar-refractivity contribution is -0.384. The zero-order valence-electron chi connectivity index (χ0n) is 14.2. The summed E-state index contributed by atoms with van der Waals surface area (Å²) in [5.41, 5.74) is 1.95. The van der Waals surface area contributed by atoms with E-state index in [1.807, 2.05) is 13.0 Å². The van der Waals surface area contributed by atoms with Crippen LogP contribution in [0.15, 0.2) is 40.0 Å². The van der Waals surface area contributed by atoms with E-state index in [1.54, 1.807) is 26.0 Å². The molecule has 1 heterocycles. The van der Waals surface area contributed by atoms with Crippen molar-refractivity contribution in [3.05, 3.63) is 67.6 Å². The summed E-state index contributed by atoms with van der Waals surface area (Å²) in [5, 5.41) is 13.0. The first-order valence-electron chi connectivity index (χ1n) is 7.66. The van der Waals surface area contributed by atoms with Crippen LogP contribution in [0, 0.1) is 24.0 Å². The van der Waals surface area contributed by atoms with E-state index in [2.05, 4.69) is 10.3 Å². The molecule has 0 aliphatic carbocycles. The summed E-state index contributed by atoms with van der Waals surface area (Å²) in [5.74, 6) is -0.206. The predicted octanol–water partition coefficient (Wildman–Crippen LogP) is 2.70. The Bertz CT molecular complexity index is 846. The van der Waals surface area contributed by atoms with E-state index in [9.17, 15) is 19.7 Å². The smallest absolute Gasteiger partial charge is 0.269 e. The summed E-state index contributed by atoms with van der Waals surface area (Å²) in [7, 11) is 0. The zero-order chi connectivity index (χ0) is 18.6. The second kappa shape index (κ2) is 7.98. The van der Waals surface area contributed by atoms with Crippen molar-refractivity contribution in [2.24, 2.45) is 0 Å². The summed E-state index contributed by atoms with van der Waals surface area (Å²) >= 11 is 1.30. The van der Waals surface area contributed by atoms with Crippen LogP contribution in [0.2, 0.25) is 0 Å². The van der Waals surface area contributed by atoms with Crippen LogP contribution < -0.4 is 10.9 Å². The van der Waals surface area contributed by atoms with Crippen LogP contribution in [0.5, 0.6) is 0 Å². The number of thioether (sulfide) groups is 1. The highest BCUT2D eigenvalue weighted by Gasteiger charge is 2.16. The highest BCUT2D eigenvalue weighted by molar-refractivity contribution is 8.00. The van der Waals surface area contributed by atoms with Crippen molar-refractivity contribution in [2.45, 2.75) is 37.5 Å². The number of nitro groups is 1. The molecule has 7 nitrogen and oxygen atoms in total. The summed E-state index contributed by atoms with van der Waals surface area (Å²) in [4.78, 5) is 37.8. The Hall–Kier alpha value is -2.61. The lowest BCUT2D eigenvalue weighted by Gasteiger charge is -2.13. The first kappa shape index (κ1) is 18.7. The Balaban J connectivity index is 1.96. The van der Waals surface area contributed by atoms with Gasteiger partial charge in [-0.15, -0.1) is 11.8 Å². The number of hydrogen-bond acceptors (Lipinski definition) is 5. The molecule has 1 amide bonds. The number of H-pyrrole nitrogens is 1. The lowest BCUT2D eigenvalue weighted by atomic mass is 10.1. The van der Waals surface area contributed by atoms with Crippen LogP contribution in [0.4, 0.5) is 5.69 Å². The molecule has 1 aromatic carbocycles. The fourth-order valence-electron chi connectivity index (χ4n) is 2.32. The van der Waals surface area contributed by atoms with E-state index in [0.717, 1.165) is 16.2 Å². The van der Waals surface area contributed by atoms with E-state index >= 15 is 0 Å². The molecule has 2 N–H and O–H groups in total. The van der Waals surface area contributed by atoms with Crippen LogP contribution >= 0.6 is 11.8 Å². The normalized spacial score (nSPS) is 11.8. The number of benzene rings is 1. The number of aromatic nitrogens is 1. The van der Waals surface area contributed by atoms with Crippen LogP contribution in [-0.4, -0.2) is 21.1 Å². The molecular weight excluding hydrogens is 342 g/mol. The van der Waals surface area contributed by atoms with Crippen molar-refractivity contribution in [1.82, 2.24) is 10.3 Å². The summed E-state index contributed by atoms with van der Waals surface area (Å²) < 4.78 is 0. The van der Waals surface area contributed by atoms with E-state index < -0.39 is 10.2 Å². The van der Waals surface area contributed by atoms with Crippen molar-refractivity contribution < 1.29 is 9.72 Å². The van der Waals surface area contributed by atoms with Crippen LogP contribution in [0.25, 0.3) is 0 Å². The number of pyridine rings is 1. The van der Waals surface area contributed by atoms with E-state index in [0.29, 0.717) is 5.56 Å². The van der Waals surface area contributed by atoms with Gasteiger partial charge in [0.05, 0.1) is 10.2 Å². The number of hydrogen-bond donors (Lipinski definition) is 2. The minimum Gasteiger partial charge on any atom is -0.351 e. The van der Waals surface area contributed by atoms with Gasteiger partial charge in [0.1, 0.15) is 0 Å². The molecule has 0 unspecified atom stereocenters. The van der Waals surface area contributed by atoms with Crippen LogP contribution in [-0.2, 0) is 11.3 Å².